The topological polar surface area (TPSA) is 3.24 Å². The molecule has 51 valence electrons. The van der Waals surface area contributed by atoms with E-state index >= 15 is 0 Å². The van der Waals surface area contributed by atoms with Crippen molar-refractivity contribution < 1.29 is 0 Å². The molecule has 0 spiro atoms. The fourth-order valence-electron chi connectivity index (χ4n) is 0.893. The molecule has 0 saturated carbocycles. The summed E-state index contributed by atoms with van der Waals surface area (Å²) in [6.07, 6.45) is 0. The van der Waals surface area contributed by atoms with Crippen LogP contribution in [0.15, 0.2) is 29.2 Å². The van der Waals surface area contributed by atoms with Crippen LogP contribution in [0.2, 0.25) is 0 Å². The van der Waals surface area contributed by atoms with Gasteiger partial charge in [-0.25, -0.2) is 0 Å². The van der Waals surface area contributed by atoms with E-state index < -0.39 is 0 Å². The molecule has 2 rings (SSSR count). The Morgan fingerprint density at radius 3 is 2.90 bits per heavy atom. The minimum absolute atomic E-state index is 1.08. The Balaban J connectivity index is 2.51. The molecule has 0 N–H and O–H groups in total. The summed E-state index contributed by atoms with van der Waals surface area (Å²) in [4.78, 5) is 1.22. The molecule has 1 nitrogen and oxygen atoms in total. The first-order valence-corrected chi connectivity index (χ1v) is 4.14. The molecular formula is C7H5ClNS. The Morgan fingerprint density at radius 2 is 2.10 bits per heavy atom. The standard InChI is InChI=1S/C7H5ClNS/c8-9-5-10-7-4-2-1-3-6(7)9/h1-5H. The van der Waals surface area contributed by atoms with Crippen LogP contribution < -0.4 is 4.42 Å². The molecule has 0 fully saturated rings. The average Bonchev–Trinajstić information content (AvgIpc) is 2.34. The van der Waals surface area contributed by atoms with Gasteiger partial charge in [-0.2, -0.15) is 0 Å². The molecule has 1 heterocycles. The van der Waals surface area contributed by atoms with Crippen LogP contribution in [-0.4, -0.2) is 0 Å². The molecule has 1 aromatic rings. The molecule has 0 unspecified atom stereocenters. The molecular weight excluding hydrogens is 166 g/mol. The molecule has 0 aliphatic carbocycles. The van der Waals surface area contributed by atoms with Gasteiger partial charge in [0.25, 0.3) is 0 Å². The number of halogens is 1. The van der Waals surface area contributed by atoms with Gasteiger partial charge in [-0.15, -0.1) is 0 Å². The van der Waals surface area contributed by atoms with Gasteiger partial charge in [0, 0.05) is 16.7 Å². The summed E-state index contributed by atoms with van der Waals surface area (Å²) in [5, 5.41) is 0. The first-order chi connectivity index (χ1) is 4.88. The van der Waals surface area contributed by atoms with E-state index in [9.17, 15) is 0 Å². The summed E-state index contributed by atoms with van der Waals surface area (Å²) in [6.45, 7) is 0. The normalized spacial score (nSPS) is 15.5. The first kappa shape index (κ1) is 6.38. The molecule has 1 radical (unpaired) electrons. The number of fused-ring (bicyclic) bond motifs is 1. The lowest BCUT2D eigenvalue weighted by Crippen LogP contribution is -1.96. The van der Waals surface area contributed by atoms with Crippen LogP contribution in [0.5, 0.6) is 0 Å². The van der Waals surface area contributed by atoms with Crippen molar-refractivity contribution in [3.63, 3.8) is 0 Å². The zero-order valence-corrected chi connectivity index (χ0v) is 6.69. The van der Waals surface area contributed by atoms with Gasteiger partial charge in [-0.05, 0) is 12.1 Å². The quantitative estimate of drug-likeness (QED) is 0.551. The lowest BCUT2D eigenvalue weighted by atomic mass is 10.3. The maximum Gasteiger partial charge on any atom is 0.127 e. The molecule has 0 atom stereocenters. The van der Waals surface area contributed by atoms with Crippen molar-refractivity contribution in [1.29, 1.82) is 0 Å². The summed E-state index contributed by atoms with van der Waals surface area (Å²) in [5.74, 6) is 1.88. The third-order valence-corrected chi connectivity index (χ3v) is 2.68. The van der Waals surface area contributed by atoms with Crippen molar-refractivity contribution >= 4 is 29.2 Å². The SMILES string of the molecule is ClN1[CH]Sc2ccccc21. The number of hydrogen-bond acceptors (Lipinski definition) is 2. The first-order valence-electron chi connectivity index (χ1n) is 2.92. The third kappa shape index (κ3) is 0.879. The Morgan fingerprint density at radius 1 is 1.30 bits per heavy atom. The molecule has 0 saturated heterocycles. The largest absolute Gasteiger partial charge is 0.268 e. The molecule has 3 heteroatoms. The second-order valence-electron chi connectivity index (χ2n) is 2.00. The van der Waals surface area contributed by atoms with Gasteiger partial charge in [0.1, 0.15) is 5.88 Å². The van der Waals surface area contributed by atoms with Crippen LogP contribution in [-0.2, 0) is 0 Å². The van der Waals surface area contributed by atoms with Crippen molar-refractivity contribution in [2.75, 3.05) is 4.42 Å². The van der Waals surface area contributed by atoms with Gasteiger partial charge in [-0.3, -0.25) is 4.42 Å². The second-order valence-corrected chi connectivity index (χ2v) is 3.25. The lowest BCUT2D eigenvalue weighted by Gasteiger charge is -2.03. The Hall–Kier alpha value is -0.340. The highest BCUT2D eigenvalue weighted by molar-refractivity contribution is 8.02. The molecule has 1 aromatic carbocycles. The van der Waals surface area contributed by atoms with Crippen molar-refractivity contribution in [3.8, 4) is 0 Å². The number of hydrogen-bond donors (Lipinski definition) is 0. The van der Waals surface area contributed by atoms with E-state index in [1.54, 1.807) is 16.2 Å². The highest BCUT2D eigenvalue weighted by Gasteiger charge is 2.16. The van der Waals surface area contributed by atoms with Crippen molar-refractivity contribution in [1.82, 2.24) is 0 Å². The minimum atomic E-state index is 1.08. The van der Waals surface area contributed by atoms with Crippen LogP contribution in [0.3, 0.4) is 0 Å². The molecule has 0 amide bonds. The van der Waals surface area contributed by atoms with Gasteiger partial charge in [-0.1, -0.05) is 23.9 Å². The fraction of sp³-hybridized carbons (Fsp3) is 0. The van der Waals surface area contributed by atoms with E-state index in [2.05, 4.69) is 6.07 Å². The number of para-hydroxylation sites is 1. The van der Waals surface area contributed by atoms with E-state index in [1.807, 2.05) is 24.1 Å². The maximum absolute atomic E-state index is 5.80. The van der Waals surface area contributed by atoms with E-state index in [0.29, 0.717) is 0 Å². The predicted octanol–water partition coefficient (Wildman–Crippen LogP) is 2.87. The third-order valence-electron chi connectivity index (χ3n) is 1.37. The zero-order valence-electron chi connectivity index (χ0n) is 5.12. The minimum Gasteiger partial charge on any atom is -0.268 e. The maximum atomic E-state index is 5.80. The van der Waals surface area contributed by atoms with Gasteiger partial charge in [0.2, 0.25) is 0 Å². The monoisotopic (exact) mass is 170 g/mol. The number of rotatable bonds is 0. The average molecular weight is 171 g/mol. The van der Waals surface area contributed by atoms with Crippen LogP contribution in [0.1, 0.15) is 0 Å². The molecule has 0 bridgehead atoms. The van der Waals surface area contributed by atoms with Crippen LogP contribution in [0, 0.1) is 5.88 Å². The summed E-state index contributed by atoms with van der Waals surface area (Å²) in [6, 6.07) is 8.04. The smallest absolute Gasteiger partial charge is 0.127 e. The van der Waals surface area contributed by atoms with Gasteiger partial charge < -0.3 is 0 Å². The number of benzene rings is 1. The molecule has 1 aliphatic rings. The molecule has 0 aromatic heterocycles. The van der Waals surface area contributed by atoms with Crippen molar-refractivity contribution in [2.45, 2.75) is 4.90 Å². The van der Waals surface area contributed by atoms with Crippen LogP contribution in [0.25, 0.3) is 0 Å². The summed E-state index contributed by atoms with van der Waals surface area (Å²) >= 11 is 7.44. The van der Waals surface area contributed by atoms with Gasteiger partial charge in [0.15, 0.2) is 0 Å². The summed E-state index contributed by atoms with van der Waals surface area (Å²) in [5.41, 5.74) is 1.08. The van der Waals surface area contributed by atoms with Gasteiger partial charge in [0.05, 0.1) is 5.69 Å². The van der Waals surface area contributed by atoms with Gasteiger partial charge >= 0.3 is 0 Å². The highest BCUT2D eigenvalue weighted by Crippen LogP contribution is 2.41. The van der Waals surface area contributed by atoms with E-state index in [1.165, 1.54) is 4.90 Å². The number of anilines is 1. The molecule has 10 heavy (non-hydrogen) atoms. The highest BCUT2D eigenvalue weighted by atomic mass is 35.5. The zero-order chi connectivity index (χ0) is 6.97. The number of nitrogens with zero attached hydrogens (tertiary/aromatic N) is 1. The predicted molar refractivity (Wildman–Crippen MR) is 44.9 cm³/mol. The second kappa shape index (κ2) is 2.36. The number of thioether (sulfide) groups is 1. The Kier molecular flexibility index (Phi) is 1.51. The summed E-state index contributed by atoms with van der Waals surface area (Å²) in [7, 11) is 0. The van der Waals surface area contributed by atoms with E-state index in [4.69, 9.17) is 11.8 Å². The van der Waals surface area contributed by atoms with Crippen LogP contribution in [0.4, 0.5) is 5.69 Å². The van der Waals surface area contributed by atoms with Crippen molar-refractivity contribution in [3.05, 3.63) is 30.1 Å². The fourth-order valence-corrected chi connectivity index (χ4v) is 1.97. The van der Waals surface area contributed by atoms with E-state index in [-0.39, 0.29) is 0 Å². The van der Waals surface area contributed by atoms with E-state index in [0.717, 1.165) is 5.69 Å². The Bertz CT molecular complexity index is 251. The van der Waals surface area contributed by atoms with Crippen molar-refractivity contribution in [2.24, 2.45) is 0 Å². The lowest BCUT2D eigenvalue weighted by molar-refractivity contribution is 1.36. The molecule has 1 aliphatic heterocycles. The Labute approximate surface area is 69.1 Å². The summed E-state index contributed by atoms with van der Waals surface area (Å²) < 4.78 is 1.61. The van der Waals surface area contributed by atoms with Crippen LogP contribution >= 0.6 is 23.5 Å².